The Bertz CT molecular complexity index is 8570. The van der Waals surface area contributed by atoms with Gasteiger partial charge in [-0.3, -0.25) is 0 Å². The quantitative estimate of drug-likeness (QED) is 0.121. The summed E-state index contributed by atoms with van der Waals surface area (Å²) < 4.78 is 0. The number of anilines is 8. The van der Waals surface area contributed by atoms with Crippen LogP contribution in [0.5, 0.6) is 0 Å². The Morgan fingerprint density at radius 3 is 0.567 bits per heavy atom. The normalized spacial score (nSPS) is 23.2. The minimum atomic E-state index is -0.0615. The minimum absolute atomic E-state index is 0.0361. The van der Waals surface area contributed by atoms with E-state index in [4.69, 9.17) is 0 Å². The highest BCUT2D eigenvalue weighted by molar-refractivity contribution is 6.41. The maximum Gasteiger partial charge on any atom is 0.0517 e. The summed E-state index contributed by atoms with van der Waals surface area (Å²) in [5, 5.41) is 25.5. The van der Waals surface area contributed by atoms with Gasteiger partial charge in [-0.05, 0) is 407 Å². The molecular formula is C146H122N4. The van der Waals surface area contributed by atoms with Crippen LogP contribution in [0, 0.1) is 0 Å². The summed E-state index contributed by atoms with van der Waals surface area (Å²) in [4.78, 5) is 10.9. The predicted octanol–water partition coefficient (Wildman–Crippen LogP) is 40.4. The highest BCUT2D eigenvalue weighted by Gasteiger charge is 2.62. The third-order valence-corrected chi connectivity index (χ3v) is 41.2. The van der Waals surface area contributed by atoms with Crippen LogP contribution in [0.1, 0.15) is 180 Å². The van der Waals surface area contributed by atoms with Crippen molar-refractivity contribution in [3.05, 3.63) is 423 Å². The fourth-order valence-electron chi connectivity index (χ4n) is 33.0. The smallest absolute Gasteiger partial charge is 0.0517 e. The van der Waals surface area contributed by atoms with E-state index in [0.717, 1.165) is 51.4 Å². The van der Waals surface area contributed by atoms with Gasteiger partial charge >= 0.3 is 0 Å². The Balaban J connectivity index is 0.613. The molecule has 4 heterocycles. The van der Waals surface area contributed by atoms with Crippen LogP contribution < -0.4 is 19.6 Å². The molecule has 8 atom stereocenters. The number of hydrogen-bond donors (Lipinski definition) is 0. The zero-order valence-electron chi connectivity index (χ0n) is 87.2. The van der Waals surface area contributed by atoms with Crippen molar-refractivity contribution in [1.29, 1.82) is 0 Å². The lowest BCUT2D eigenvalue weighted by atomic mass is 9.61. The molecule has 31 rings (SSSR count). The summed E-state index contributed by atoms with van der Waals surface area (Å²) >= 11 is 0. The molecule has 0 amide bonds. The van der Waals surface area contributed by atoms with Gasteiger partial charge in [-0.2, -0.15) is 0 Å². The van der Waals surface area contributed by atoms with Gasteiger partial charge in [0.25, 0.3) is 0 Å². The first-order valence-corrected chi connectivity index (χ1v) is 55.9. The standard InChI is InChI=1S/C146H122N4/c1-139-77-21-25-81-143(139,5)147(95-37-13-9-14-38-95)131-73-61-91(85-127(131)139)99-45-29-53-107-103(99)49-33-57-111(107)115-65-69-119-123-89-125-121-71-67-117(113-59-35-51-105-101(47-31-55-109(105)113)93-63-75-133-129(87-93)141(3)79-23-27-83-145(141,7)149(133)97-41-17-11-18-42-97)136-118(114-60-36-52-106-102(48-32-56-110(106)114)94-64-76-134-130(88-94)142(4)80-24-28-84-146(142,8)150(134)98-43-19-12-20-44-98)68-72-122(138(121)136)126(125)90-124(123)120-70-66-116(135(115)137(119)120)112-58-34-50-104-100(46-30-54-108(104)112)92-62-74-132-128(86-92)140(2)78-22-26-82-144(140,6)148(132)96-39-15-10-16-40-96/h9-20,29-76,85-90H,21-28,77-84H2,1-8H3. The summed E-state index contributed by atoms with van der Waals surface area (Å²) in [6, 6.07) is 158. The molecule has 0 radical (unpaired) electrons. The van der Waals surface area contributed by atoms with Crippen molar-refractivity contribution >= 4 is 153 Å². The molecule has 150 heavy (non-hydrogen) atoms. The molecule has 0 saturated heterocycles. The van der Waals surface area contributed by atoms with Crippen LogP contribution in [0.4, 0.5) is 45.5 Å². The predicted molar refractivity (Wildman–Crippen MR) is 639 cm³/mol. The van der Waals surface area contributed by atoms with Crippen LogP contribution in [0.15, 0.2) is 400 Å². The molecule has 0 bridgehead atoms. The summed E-state index contributed by atoms with van der Waals surface area (Å²) in [6.07, 6.45) is 19.1. The molecule has 23 aromatic rings. The lowest BCUT2D eigenvalue weighted by molar-refractivity contribution is 0.195. The van der Waals surface area contributed by atoms with Crippen LogP contribution >= 0.6 is 0 Å². The Kier molecular flexibility index (Phi) is 18.9. The monoisotopic (exact) mass is 1930 g/mol. The third kappa shape index (κ3) is 11.8. The molecule has 8 aliphatic rings. The van der Waals surface area contributed by atoms with Gasteiger partial charge in [0.1, 0.15) is 0 Å². The van der Waals surface area contributed by atoms with Gasteiger partial charge in [0.2, 0.25) is 0 Å². The van der Waals surface area contributed by atoms with Crippen molar-refractivity contribution in [3.8, 4) is 89.0 Å². The molecule has 4 aliphatic heterocycles. The van der Waals surface area contributed by atoms with Crippen LogP contribution in [0.3, 0.4) is 0 Å². The van der Waals surface area contributed by atoms with Gasteiger partial charge in [0.15, 0.2) is 0 Å². The van der Waals surface area contributed by atoms with E-state index in [0.29, 0.717) is 0 Å². The zero-order chi connectivity index (χ0) is 100. The second-order valence-electron chi connectivity index (χ2n) is 47.8. The van der Waals surface area contributed by atoms with Crippen molar-refractivity contribution in [3.63, 3.8) is 0 Å². The molecular weight excluding hydrogens is 1810 g/mol. The van der Waals surface area contributed by atoms with E-state index in [2.05, 4.69) is 475 Å². The Labute approximate surface area is 880 Å². The Morgan fingerprint density at radius 1 is 0.147 bits per heavy atom. The highest BCUT2D eigenvalue weighted by Crippen LogP contribution is 2.68. The average Bonchev–Trinajstić information content (AvgIpc) is 1.47. The molecule has 0 spiro atoms. The van der Waals surface area contributed by atoms with E-state index in [9.17, 15) is 0 Å². The van der Waals surface area contributed by atoms with Crippen LogP contribution in [-0.4, -0.2) is 22.2 Å². The summed E-state index contributed by atoms with van der Waals surface area (Å²) in [5.74, 6) is 0. The minimum Gasteiger partial charge on any atom is -0.334 e. The first-order valence-electron chi connectivity index (χ1n) is 55.9. The number of rotatable bonds is 12. The largest absolute Gasteiger partial charge is 0.334 e. The highest BCUT2D eigenvalue weighted by atomic mass is 15.3. The van der Waals surface area contributed by atoms with Gasteiger partial charge in [0.05, 0.1) is 22.2 Å². The number of fused-ring (bicyclic) bond motifs is 22. The second-order valence-corrected chi connectivity index (χ2v) is 47.8. The summed E-state index contributed by atoms with van der Waals surface area (Å²) in [6.45, 7) is 20.5. The van der Waals surface area contributed by atoms with Gasteiger partial charge < -0.3 is 19.6 Å². The number of nitrogens with zero attached hydrogens (tertiary/aromatic N) is 4. The zero-order valence-corrected chi connectivity index (χ0v) is 87.2. The van der Waals surface area contributed by atoms with Crippen molar-refractivity contribution in [2.45, 2.75) is 202 Å². The maximum atomic E-state index is 2.71. The number of hydrogen-bond acceptors (Lipinski definition) is 4. The molecule has 4 nitrogen and oxygen atoms in total. The van der Waals surface area contributed by atoms with E-state index in [1.54, 1.807) is 0 Å². The molecule has 4 aliphatic carbocycles. The van der Waals surface area contributed by atoms with Crippen molar-refractivity contribution in [1.82, 2.24) is 0 Å². The number of para-hydroxylation sites is 4. The molecule has 4 saturated carbocycles. The lowest BCUT2D eigenvalue weighted by Crippen LogP contribution is -2.54. The molecule has 4 fully saturated rings. The van der Waals surface area contributed by atoms with E-state index in [-0.39, 0.29) is 43.8 Å². The molecule has 726 valence electrons. The Hall–Kier alpha value is -15.6. The lowest BCUT2D eigenvalue weighted by Gasteiger charge is -2.50. The fourth-order valence-corrected chi connectivity index (χ4v) is 33.0. The van der Waals surface area contributed by atoms with Crippen molar-refractivity contribution in [2.75, 3.05) is 19.6 Å². The molecule has 0 aromatic heterocycles. The van der Waals surface area contributed by atoms with Gasteiger partial charge in [-0.15, -0.1) is 0 Å². The van der Waals surface area contributed by atoms with Gasteiger partial charge in [-0.1, -0.05) is 370 Å². The first-order chi connectivity index (χ1) is 73.4. The molecule has 8 unspecified atom stereocenters. The topological polar surface area (TPSA) is 13.0 Å². The van der Waals surface area contributed by atoms with E-state index < -0.39 is 0 Å². The maximum absolute atomic E-state index is 2.71. The van der Waals surface area contributed by atoms with Crippen LogP contribution in [0.25, 0.3) is 197 Å². The van der Waals surface area contributed by atoms with Gasteiger partial charge in [-0.25, -0.2) is 0 Å². The van der Waals surface area contributed by atoms with E-state index in [1.165, 1.54) is 316 Å². The van der Waals surface area contributed by atoms with Crippen molar-refractivity contribution in [2.24, 2.45) is 0 Å². The van der Waals surface area contributed by atoms with Gasteiger partial charge in [0, 0.05) is 67.2 Å². The summed E-state index contributed by atoms with van der Waals surface area (Å²) in [5.41, 5.74) is 36.1. The van der Waals surface area contributed by atoms with E-state index >= 15 is 0 Å². The molecule has 0 N–H and O–H groups in total. The number of benzene rings is 21. The average molecular weight is 1930 g/mol. The first kappa shape index (κ1) is 88.5. The van der Waals surface area contributed by atoms with Crippen molar-refractivity contribution < 1.29 is 0 Å². The fraction of sp³-hybridized carbons (Fsp3) is 0.219. The summed E-state index contributed by atoms with van der Waals surface area (Å²) in [7, 11) is 0. The molecule has 23 aromatic carbocycles. The second kappa shape index (κ2) is 32.0. The van der Waals surface area contributed by atoms with Crippen LogP contribution in [-0.2, 0) is 21.7 Å². The van der Waals surface area contributed by atoms with E-state index in [1.807, 2.05) is 0 Å². The third-order valence-electron chi connectivity index (χ3n) is 41.2. The van der Waals surface area contributed by atoms with Crippen LogP contribution in [0.2, 0.25) is 0 Å². The Morgan fingerprint density at radius 2 is 0.347 bits per heavy atom. The molecule has 4 heteroatoms. The SMILES string of the molecule is CC12CCCCC1(C)N(c1ccccc1)c1ccc(-c3cccc4c(-c5ccc6c7cc8c(cc7c7ccc(-c9cccc%10c(-c%11ccc%12c(c%11)C%11(C)CCCCC%11(C)N%12c%11ccccc%11)cccc9%10)c5c67)c5ccc(-c6cccc7c(-c9ccc%10c(c9)C9(C)CCCCC9(C)N%10c9ccccc9)cccc67)c6c(-c7cccc9c(-c%10ccc%11c(c%10)C%10(C)CCCCC%10(C)N%11c%10ccccc%10)cccc79)ccc8c65)cccc34)cc12.